The molecule has 19 heavy (non-hydrogen) atoms. The zero-order valence-corrected chi connectivity index (χ0v) is 11.9. The molecule has 1 amide bonds. The average Bonchev–Trinajstić information content (AvgIpc) is 2.38. The molecule has 0 saturated carbocycles. The van der Waals surface area contributed by atoms with E-state index in [-0.39, 0.29) is 11.4 Å². The van der Waals surface area contributed by atoms with Gasteiger partial charge < -0.3 is 10.1 Å². The number of hydrogen-bond acceptors (Lipinski definition) is 3. The third-order valence-corrected chi connectivity index (χ3v) is 3.06. The molecule has 1 aromatic rings. The Labute approximate surface area is 114 Å². The van der Waals surface area contributed by atoms with Crippen molar-refractivity contribution < 1.29 is 14.3 Å². The Morgan fingerprint density at radius 3 is 2.63 bits per heavy atom. The van der Waals surface area contributed by atoms with E-state index in [1.165, 1.54) is 0 Å². The summed E-state index contributed by atoms with van der Waals surface area (Å²) in [6, 6.07) is 6.85. The first-order chi connectivity index (χ1) is 8.89. The van der Waals surface area contributed by atoms with Crippen molar-refractivity contribution in [1.82, 2.24) is 5.32 Å². The Morgan fingerprint density at radius 2 is 2.05 bits per heavy atom. The van der Waals surface area contributed by atoms with E-state index >= 15 is 0 Å². The minimum Gasteiger partial charge on any atom is -0.480 e. The van der Waals surface area contributed by atoms with Crippen LogP contribution in [0, 0.1) is 0 Å². The lowest BCUT2D eigenvalue weighted by Gasteiger charge is -2.26. The predicted octanol–water partition coefficient (Wildman–Crippen LogP) is 2.57. The van der Waals surface area contributed by atoms with Gasteiger partial charge in [-0.15, -0.1) is 0 Å². The number of para-hydroxylation sites is 1. The van der Waals surface area contributed by atoms with Crippen molar-refractivity contribution in [1.29, 1.82) is 0 Å². The van der Waals surface area contributed by atoms with Crippen LogP contribution in [-0.2, 0) is 4.79 Å². The lowest BCUT2D eigenvalue weighted by molar-refractivity contribution is -0.129. The van der Waals surface area contributed by atoms with Gasteiger partial charge in [0.05, 0.1) is 5.56 Å². The van der Waals surface area contributed by atoms with Crippen molar-refractivity contribution in [2.75, 3.05) is 0 Å². The summed E-state index contributed by atoms with van der Waals surface area (Å²) >= 11 is 0. The Kier molecular flexibility index (Phi) is 5.10. The molecule has 0 aromatic heterocycles. The number of carbonyl (C=O) groups is 2. The van der Waals surface area contributed by atoms with Crippen LogP contribution >= 0.6 is 0 Å². The van der Waals surface area contributed by atoms with Gasteiger partial charge in [0.25, 0.3) is 5.91 Å². The molecule has 1 unspecified atom stereocenters. The molecule has 4 heteroatoms. The van der Waals surface area contributed by atoms with Crippen LogP contribution in [0.15, 0.2) is 24.3 Å². The smallest absolute Gasteiger partial charge is 0.261 e. The quantitative estimate of drug-likeness (QED) is 0.802. The van der Waals surface area contributed by atoms with Crippen molar-refractivity contribution in [3.8, 4) is 5.75 Å². The van der Waals surface area contributed by atoms with Crippen molar-refractivity contribution >= 4 is 12.2 Å². The second-order valence-corrected chi connectivity index (χ2v) is 5.14. The monoisotopic (exact) mass is 263 g/mol. The largest absolute Gasteiger partial charge is 0.480 e. The molecule has 1 N–H and O–H groups in total. The highest BCUT2D eigenvalue weighted by Gasteiger charge is 2.23. The summed E-state index contributed by atoms with van der Waals surface area (Å²) in [5, 5.41) is 2.91. The minimum absolute atomic E-state index is 0.187. The standard InChI is InChI=1S/C15H21NO3/c1-5-15(3,4)16-14(18)11(2)19-13-9-7-6-8-12(13)10-17/h6-11H,5H2,1-4H3,(H,16,18). The fraction of sp³-hybridized carbons (Fsp3) is 0.467. The number of aldehydes is 1. The Morgan fingerprint density at radius 1 is 1.42 bits per heavy atom. The van der Waals surface area contributed by atoms with Gasteiger partial charge in [0.15, 0.2) is 12.4 Å². The predicted molar refractivity (Wildman–Crippen MR) is 74.4 cm³/mol. The molecule has 1 aromatic carbocycles. The molecule has 0 heterocycles. The summed E-state index contributed by atoms with van der Waals surface area (Å²) in [7, 11) is 0. The summed E-state index contributed by atoms with van der Waals surface area (Å²) in [6.07, 6.45) is 0.902. The normalized spacial score (nSPS) is 12.6. The topological polar surface area (TPSA) is 55.4 Å². The van der Waals surface area contributed by atoms with Gasteiger partial charge in [-0.05, 0) is 39.3 Å². The first-order valence-electron chi connectivity index (χ1n) is 6.42. The highest BCUT2D eigenvalue weighted by atomic mass is 16.5. The lowest BCUT2D eigenvalue weighted by Crippen LogP contribution is -2.48. The van der Waals surface area contributed by atoms with Gasteiger partial charge in [0.1, 0.15) is 5.75 Å². The highest BCUT2D eigenvalue weighted by molar-refractivity contribution is 5.83. The Hall–Kier alpha value is -1.84. The molecule has 0 aliphatic carbocycles. The summed E-state index contributed by atoms with van der Waals surface area (Å²) in [6.45, 7) is 7.59. The first-order valence-corrected chi connectivity index (χ1v) is 6.42. The number of benzene rings is 1. The SMILES string of the molecule is CCC(C)(C)NC(=O)C(C)Oc1ccccc1C=O. The van der Waals surface area contributed by atoms with E-state index in [4.69, 9.17) is 4.74 Å². The van der Waals surface area contributed by atoms with Gasteiger partial charge in [-0.2, -0.15) is 0 Å². The summed E-state index contributed by atoms with van der Waals surface area (Å²) in [5.74, 6) is 0.238. The molecule has 0 aliphatic rings. The van der Waals surface area contributed by atoms with Gasteiger partial charge >= 0.3 is 0 Å². The Bertz CT molecular complexity index is 454. The molecule has 0 radical (unpaired) electrons. The van der Waals surface area contributed by atoms with Gasteiger partial charge in [-0.25, -0.2) is 0 Å². The van der Waals surface area contributed by atoms with Crippen LogP contribution in [0.5, 0.6) is 5.75 Å². The van der Waals surface area contributed by atoms with Crippen LogP contribution in [0.4, 0.5) is 0 Å². The van der Waals surface area contributed by atoms with E-state index in [0.29, 0.717) is 11.3 Å². The van der Waals surface area contributed by atoms with Crippen LogP contribution in [-0.4, -0.2) is 23.8 Å². The summed E-state index contributed by atoms with van der Waals surface area (Å²) in [5.41, 5.74) is 0.177. The molecule has 1 rings (SSSR count). The van der Waals surface area contributed by atoms with E-state index in [2.05, 4.69) is 5.32 Å². The van der Waals surface area contributed by atoms with Crippen LogP contribution in [0.1, 0.15) is 44.5 Å². The maximum absolute atomic E-state index is 12.0. The second-order valence-electron chi connectivity index (χ2n) is 5.14. The minimum atomic E-state index is -0.646. The fourth-order valence-electron chi connectivity index (χ4n) is 1.45. The molecule has 1 atom stereocenters. The highest BCUT2D eigenvalue weighted by Crippen LogP contribution is 2.17. The number of ether oxygens (including phenoxy) is 1. The van der Waals surface area contributed by atoms with Crippen LogP contribution in [0.25, 0.3) is 0 Å². The molecule has 0 spiro atoms. The zero-order chi connectivity index (χ0) is 14.5. The molecular weight excluding hydrogens is 242 g/mol. The first kappa shape index (κ1) is 15.2. The van der Waals surface area contributed by atoms with Crippen molar-refractivity contribution in [3.63, 3.8) is 0 Å². The van der Waals surface area contributed by atoms with E-state index in [1.54, 1.807) is 31.2 Å². The number of amides is 1. The Balaban J connectivity index is 2.71. The van der Waals surface area contributed by atoms with Crippen molar-refractivity contribution in [3.05, 3.63) is 29.8 Å². The molecule has 4 nitrogen and oxygen atoms in total. The second kappa shape index (κ2) is 6.36. The van der Waals surface area contributed by atoms with Gasteiger partial charge in [-0.3, -0.25) is 9.59 Å². The van der Waals surface area contributed by atoms with E-state index in [9.17, 15) is 9.59 Å². The number of hydrogen-bond donors (Lipinski definition) is 1. The van der Waals surface area contributed by atoms with Gasteiger partial charge in [0.2, 0.25) is 0 Å². The van der Waals surface area contributed by atoms with Gasteiger partial charge in [0, 0.05) is 5.54 Å². The summed E-state index contributed by atoms with van der Waals surface area (Å²) < 4.78 is 5.55. The van der Waals surface area contributed by atoms with E-state index < -0.39 is 6.10 Å². The molecule has 0 saturated heterocycles. The third kappa shape index (κ3) is 4.39. The van der Waals surface area contributed by atoms with E-state index in [1.807, 2.05) is 20.8 Å². The average molecular weight is 263 g/mol. The van der Waals surface area contributed by atoms with Crippen LogP contribution in [0.3, 0.4) is 0 Å². The van der Waals surface area contributed by atoms with Crippen LogP contribution < -0.4 is 10.1 Å². The van der Waals surface area contributed by atoms with Crippen molar-refractivity contribution in [2.45, 2.75) is 45.8 Å². The van der Waals surface area contributed by atoms with Crippen molar-refractivity contribution in [2.24, 2.45) is 0 Å². The summed E-state index contributed by atoms with van der Waals surface area (Å²) in [4.78, 5) is 22.9. The number of nitrogens with one attached hydrogen (secondary N) is 1. The third-order valence-electron chi connectivity index (χ3n) is 3.06. The number of rotatable bonds is 6. The van der Waals surface area contributed by atoms with E-state index in [0.717, 1.165) is 12.7 Å². The molecule has 0 fully saturated rings. The number of carbonyl (C=O) groups excluding carboxylic acids is 2. The van der Waals surface area contributed by atoms with Gasteiger partial charge in [-0.1, -0.05) is 19.1 Å². The maximum Gasteiger partial charge on any atom is 0.261 e. The van der Waals surface area contributed by atoms with Crippen LogP contribution in [0.2, 0.25) is 0 Å². The maximum atomic E-state index is 12.0. The molecule has 104 valence electrons. The molecule has 0 aliphatic heterocycles. The lowest BCUT2D eigenvalue weighted by atomic mass is 10.0. The molecular formula is C15H21NO3. The molecule has 0 bridgehead atoms. The zero-order valence-electron chi connectivity index (χ0n) is 11.9. The fourth-order valence-corrected chi connectivity index (χ4v) is 1.45.